The molecule has 0 spiro atoms. The number of ether oxygens (including phenoxy) is 2. The Morgan fingerprint density at radius 3 is 2.44 bits per heavy atom. The van der Waals surface area contributed by atoms with Gasteiger partial charge >= 0.3 is 5.69 Å². The van der Waals surface area contributed by atoms with E-state index >= 15 is 0 Å². The van der Waals surface area contributed by atoms with Gasteiger partial charge in [-0.05, 0) is 37.6 Å². The van der Waals surface area contributed by atoms with Crippen molar-refractivity contribution in [2.24, 2.45) is 0 Å². The zero-order valence-electron chi connectivity index (χ0n) is 21.7. The molecule has 13 heteroatoms. The maximum absolute atomic E-state index is 14.6. The molecule has 0 amide bonds. The van der Waals surface area contributed by atoms with Crippen molar-refractivity contribution in [2.75, 3.05) is 25.7 Å². The SMILES string of the molecule is CCOc1nc(C(CS(C)(=O)=O)n2c(=O)n(CC(F)F)c3c(C)c(-c4ccccc4F)cnc32)ccc1OC. The molecule has 0 aliphatic rings. The number of aromatic nitrogens is 4. The summed E-state index contributed by atoms with van der Waals surface area (Å²) in [5.41, 5.74) is 0.0370. The van der Waals surface area contributed by atoms with Crippen LogP contribution in [0.15, 0.2) is 47.4 Å². The first-order valence-corrected chi connectivity index (χ1v) is 14.0. The van der Waals surface area contributed by atoms with E-state index < -0.39 is 46.1 Å². The Hall–Kier alpha value is -3.87. The monoisotopic (exact) mass is 564 g/mol. The molecular weight excluding hydrogens is 537 g/mol. The van der Waals surface area contributed by atoms with Gasteiger partial charge in [-0.3, -0.25) is 9.13 Å². The van der Waals surface area contributed by atoms with Gasteiger partial charge in [-0.15, -0.1) is 0 Å². The Morgan fingerprint density at radius 1 is 1.10 bits per heavy atom. The molecule has 3 aromatic heterocycles. The number of imidazole rings is 1. The summed E-state index contributed by atoms with van der Waals surface area (Å²) in [6.07, 6.45) is -0.579. The van der Waals surface area contributed by atoms with E-state index in [0.717, 1.165) is 15.4 Å². The Morgan fingerprint density at radius 2 is 1.82 bits per heavy atom. The molecule has 1 atom stereocenters. The summed E-state index contributed by atoms with van der Waals surface area (Å²) < 4.78 is 79.7. The van der Waals surface area contributed by atoms with Crippen LogP contribution in [-0.4, -0.2) is 59.7 Å². The van der Waals surface area contributed by atoms with Crippen LogP contribution < -0.4 is 15.2 Å². The van der Waals surface area contributed by atoms with Crippen molar-refractivity contribution in [1.82, 2.24) is 19.1 Å². The standard InChI is InChI=1S/C26H27F3N4O5S/c1-5-38-25-21(37-3)11-10-19(31-25)20(14-39(4,35)36)33-24-23(32(26(33)34)13-22(28)29)15(2)17(12-30-24)16-8-6-7-9-18(16)27/h6-12,20,22H,5,13-14H2,1-4H3. The number of pyridine rings is 2. The number of benzene rings is 1. The van der Waals surface area contributed by atoms with Gasteiger partial charge in [0.25, 0.3) is 12.3 Å². The molecule has 0 saturated heterocycles. The van der Waals surface area contributed by atoms with Crippen LogP contribution in [-0.2, 0) is 16.4 Å². The second-order valence-corrected chi connectivity index (χ2v) is 11.1. The number of hydrogen-bond donors (Lipinski definition) is 0. The van der Waals surface area contributed by atoms with Crippen molar-refractivity contribution in [3.63, 3.8) is 0 Å². The van der Waals surface area contributed by atoms with Crippen LogP contribution in [0.1, 0.15) is 24.2 Å². The summed E-state index contributed by atoms with van der Waals surface area (Å²) in [4.78, 5) is 22.5. The summed E-state index contributed by atoms with van der Waals surface area (Å²) in [5.74, 6) is -0.771. The Balaban J connectivity index is 2.05. The van der Waals surface area contributed by atoms with Crippen LogP contribution in [0.25, 0.3) is 22.3 Å². The van der Waals surface area contributed by atoms with Crippen molar-refractivity contribution in [3.05, 3.63) is 70.2 Å². The van der Waals surface area contributed by atoms with Crippen LogP contribution in [0, 0.1) is 12.7 Å². The molecule has 0 radical (unpaired) electrons. The third-order valence-corrected chi connectivity index (χ3v) is 7.09. The van der Waals surface area contributed by atoms with E-state index in [4.69, 9.17) is 9.47 Å². The molecular formula is C26H27F3N4O5S. The van der Waals surface area contributed by atoms with Gasteiger partial charge in [0.1, 0.15) is 15.7 Å². The molecule has 0 saturated carbocycles. The lowest BCUT2D eigenvalue weighted by Gasteiger charge is -2.19. The van der Waals surface area contributed by atoms with E-state index in [1.807, 2.05) is 0 Å². The number of hydrogen-bond acceptors (Lipinski definition) is 7. The Bertz CT molecular complexity index is 1690. The van der Waals surface area contributed by atoms with E-state index in [-0.39, 0.29) is 40.7 Å². The number of fused-ring (bicyclic) bond motifs is 1. The first kappa shape index (κ1) is 28.1. The van der Waals surface area contributed by atoms with Gasteiger partial charge in [-0.25, -0.2) is 36.4 Å². The average molecular weight is 565 g/mol. The lowest BCUT2D eigenvalue weighted by atomic mass is 10.0. The number of nitrogens with zero attached hydrogens (tertiary/aromatic N) is 4. The van der Waals surface area contributed by atoms with E-state index in [2.05, 4.69) is 9.97 Å². The third-order valence-electron chi connectivity index (χ3n) is 6.17. The van der Waals surface area contributed by atoms with Crippen LogP contribution in [0.2, 0.25) is 0 Å². The molecule has 4 aromatic rings. The highest BCUT2D eigenvalue weighted by molar-refractivity contribution is 7.90. The molecule has 0 bridgehead atoms. The van der Waals surface area contributed by atoms with Crippen molar-refractivity contribution in [1.29, 1.82) is 0 Å². The Kier molecular flexibility index (Phi) is 8.00. The van der Waals surface area contributed by atoms with Crippen molar-refractivity contribution >= 4 is 21.0 Å². The highest BCUT2D eigenvalue weighted by Gasteiger charge is 2.30. The second kappa shape index (κ2) is 11.1. The van der Waals surface area contributed by atoms with Gasteiger partial charge in [0.2, 0.25) is 0 Å². The average Bonchev–Trinajstić information content (AvgIpc) is 3.14. The van der Waals surface area contributed by atoms with E-state index in [1.54, 1.807) is 19.9 Å². The molecule has 0 aliphatic carbocycles. The minimum absolute atomic E-state index is 0.0394. The summed E-state index contributed by atoms with van der Waals surface area (Å²) in [6.45, 7) is 2.56. The lowest BCUT2D eigenvalue weighted by molar-refractivity contribution is 0.126. The maximum Gasteiger partial charge on any atom is 0.331 e. The Labute approximate surface area is 222 Å². The third kappa shape index (κ3) is 5.63. The molecule has 0 N–H and O–H groups in total. The number of aryl methyl sites for hydroxylation is 1. The largest absolute Gasteiger partial charge is 0.491 e. The first-order valence-electron chi connectivity index (χ1n) is 12.0. The zero-order chi connectivity index (χ0) is 28.5. The maximum atomic E-state index is 14.6. The number of rotatable bonds is 10. The highest BCUT2D eigenvalue weighted by atomic mass is 32.2. The van der Waals surface area contributed by atoms with E-state index in [9.17, 15) is 26.4 Å². The fourth-order valence-electron chi connectivity index (χ4n) is 4.54. The second-order valence-electron chi connectivity index (χ2n) is 8.89. The summed E-state index contributed by atoms with van der Waals surface area (Å²) in [6, 6.07) is 7.64. The molecule has 1 unspecified atom stereocenters. The fraction of sp³-hybridized carbons (Fsp3) is 0.346. The van der Waals surface area contributed by atoms with Crippen LogP contribution in [0.5, 0.6) is 11.6 Å². The van der Waals surface area contributed by atoms with E-state index in [0.29, 0.717) is 11.1 Å². The highest BCUT2D eigenvalue weighted by Crippen LogP contribution is 2.33. The van der Waals surface area contributed by atoms with Crippen LogP contribution in [0.4, 0.5) is 13.2 Å². The number of halogens is 3. The normalized spacial score (nSPS) is 12.7. The molecule has 3 heterocycles. The predicted octanol–water partition coefficient (Wildman–Crippen LogP) is 4.01. The quantitative estimate of drug-likeness (QED) is 0.287. The van der Waals surface area contributed by atoms with Gasteiger partial charge in [0, 0.05) is 23.6 Å². The number of alkyl halides is 2. The molecule has 208 valence electrons. The first-order chi connectivity index (χ1) is 18.5. The van der Waals surface area contributed by atoms with Crippen molar-refractivity contribution in [2.45, 2.75) is 32.9 Å². The van der Waals surface area contributed by atoms with Gasteiger partial charge in [0.05, 0.1) is 43.3 Å². The summed E-state index contributed by atoms with van der Waals surface area (Å²) in [7, 11) is -2.32. The molecule has 9 nitrogen and oxygen atoms in total. The molecule has 39 heavy (non-hydrogen) atoms. The van der Waals surface area contributed by atoms with Crippen molar-refractivity contribution < 1.29 is 31.1 Å². The lowest BCUT2D eigenvalue weighted by Crippen LogP contribution is -2.33. The van der Waals surface area contributed by atoms with Gasteiger partial charge in [-0.2, -0.15) is 0 Å². The minimum Gasteiger partial charge on any atom is -0.491 e. The van der Waals surface area contributed by atoms with E-state index in [1.165, 1.54) is 43.6 Å². The topological polar surface area (TPSA) is 105 Å². The molecule has 0 fully saturated rings. The number of methoxy groups -OCH3 is 1. The molecule has 0 aliphatic heterocycles. The predicted molar refractivity (Wildman–Crippen MR) is 140 cm³/mol. The summed E-state index contributed by atoms with van der Waals surface area (Å²) in [5, 5.41) is 0. The van der Waals surface area contributed by atoms with Crippen molar-refractivity contribution in [3.8, 4) is 22.8 Å². The smallest absolute Gasteiger partial charge is 0.331 e. The number of sulfone groups is 1. The minimum atomic E-state index is -3.73. The van der Waals surface area contributed by atoms with Gasteiger partial charge in [0.15, 0.2) is 11.4 Å². The fourth-order valence-corrected chi connectivity index (χ4v) is 5.43. The van der Waals surface area contributed by atoms with Gasteiger partial charge in [-0.1, -0.05) is 18.2 Å². The molecule has 4 rings (SSSR count). The zero-order valence-corrected chi connectivity index (χ0v) is 22.5. The van der Waals surface area contributed by atoms with Crippen LogP contribution >= 0.6 is 0 Å². The van der Waals surface area contributed by atoms with Gasteiger partial charge < -0.3 is 9.47 Å². The summed E-state index contributed by atoms with van der Waals surface area (Å²) >= 11 is 0. The molecule has 1 aromatic carbocycles. The van der Waals surface area contributed by atoms with Crippen LogP contribution in [0.3, 0.4) is 0 Å².